The lowest BCUT2D eigenvalue weighted by atomic mass is 10.0. The van der Waals surface area contributed by atoms with Crippen LogP contribution in [0.25, 0.3) is 0 Å². The molecule has 0 spiro atoms. The molecule has 0 saturated heterocycles. The molecule has 2 N–H and O–H groups in total. The van der Waals surface area contributed by atoms with Crippen LogP contribution in [0.2, 0.25) is 0 Å². The van der Waals surface area contributed by atoms with E-state index in [1.165, 1.54) is 141 Å². The Balaban J connectivity index is 3.09. The Bertz CT molecular complexity index is 282. The van der Waals surface area contributed by atoms with Gasteiger partial charge in [0.15, 0.2) is 0 Å². The summed E-state index contributed by atoms with van der Waals surface area (Å²) in [5.41, 5.74) is 0. The van der Waals surface area contributed by atoms with Gasteiger partial charge in [-0.05, 0) is 25.8 Å². The minimum absolute atomic E-state index is 0.280. The second-order valence-corrected chi connectivity index (χ2v) is 9.33. The highest BCUT2D eigenvalue weighted by Gasteiger charge is 2.02. The minimum atomic E-state index is -0.280. The van der Waals surface area contributed by atoms with Crippen molar-refractivity contribution in [3.63, 3.8) is 0 Å². The molecule has 2 heteroatoms. The molecule has 0 aromatic heterocycles. The summed E-state index contributed by atoms with van der Waals surface area (Å²) in [6.45, 7) is 5.52. The zero-order valence-corrected chi connectivity index (χ0v) is 20.5. The molecular weight excluding hydrogens is 354 g/mol. The molecule has 0 saturated carbocycles. The average Bonchev–Trinajstić information content (AvgIpc) is 2.73. The molecule has 2 nitrogen and oxygen atoms in total. The van der Waals surface area contributed by atoms with E-state index in [4.69, 9.17) is 0 Å². The van der Waals surface area contributed by atoms with Gasteiger partial charge >= 0.3 is 0 Å². The van der Waals surface area contributed by atoms with Gasteiger partial charge in [0.1, 0.15) is 6.23 Å². The molecule has 0 bridgehead atoms. The number of nitrogens with one attached hydrogen (secondary N) is 1. The molecule has 0 fully saturated rings. The predicted octanol–water partition coefficient (Wildman–Crippen LogP) is 8.91. The van der Waals surface area contributed by atoms with Crippen LogP contribution in [0.5, 0.6) is 0 Å². The van der Waals surface area contributed by atoms with Gasteiger partial charge in [-0.2, -0.15) is 0 Å². The Morgan fingerprint density at radius 1 is 0.448 bits per heavy atom. The van der Waals surface area contributed by atoms with Crippen molar-refractivity contribution < 1.29 is 5.11 Å². The van der Waals surface area contributed by atoms with Crippen LogP contribution in [-0.4, -0.2) is 17.9 Å². The summed E-state index contributed by atoms with van der Waals surface area (Å²) in [7, 11) is 0. The fourth-order valence-corrected chi connectivity index (χ4v) is 4.16. The van der Waals surface area contributed by atoms with Gasteiger partial charge in [0.05, 0.1) is 0 Å². The van der Waals surface area contributed by atoms with Crippen LogP contribution in [0.15, 0.2) is 0 Å². The second-order valence-electron chi connectivity index (χ2n) is 9.33. The first-order valence-electron chi connectivity index (χ1n) is 13.7. The van der Waals surface area contributed by atoms with E-state index in [0.717, 1.165) is 13.0 Å². The summed E-state index contributed by atoms with van der Waals surface area (Å²) in [5.74, 6) is 0. The topological polar surface area (TPSA) is 32.3 Å². The zero-order valence-electron chi connectivity index (χ0n) is 20.5. The normalized spacial score (nSPS) is 12.5. The molecule has 176 valence electrons. The van der Waals surface area contributed by atoms with Crippen molar-refractivity contribution in [2.24, 2.45) is 0 Å². The fourth-order valence-electron chi connectivity index (χ4n) is 4.16. The van der Waals surface area contributed by atoms with Crippen LogP contribution in [0.4, 0.5) is 0 Å². The molecule has 0 heterocycles. The van der Waals surface area contributed by atoms with Gasteiger partial charge in [-0.15, -0.1) is 0 Å². The molecule has 1 atom stereocenters. The van der Waals surface area contributed by atoms with Crippen molar-refractivity contribution in [2.45, 2.75) is 168 Å². The number of aliphatic hydroxyl groups excluding tert-OH is 1. The number of rotatable bonds is 25. The third-order valence-corrected chi connectivity index (χ3v) is 6.24. The summed E-state index contributed by atoms with van der Waals surface area (Å²) in [6.07, 6.45) is 31.1. The maximum absolute atomic E-state index is 9.97. The predicted molar refractivity (Wildman–Crippen MR) is 132 cm³/mol. The summed E-state index contributed by atoms with van der Waals surface area (Å²) in [6, 6.07) is 0. The van der Waals surface area contributed by atoms with Gasteiger partial charge in [-0.1, -0.05) is 142 Å². The minimum Gasteiger partial charge on any atom is -0.379 e. The summed E-state index contributed by atoms with van der Waals surface area (Å²) < 4.78 is 0. The fraction of sp³-hybridized carbons (Fsp3) is 1.00. The largest absolute Gasteiger partial charge is 0.379 e. The number of unbranched alkanes of at least 4 members (excludes halogenated alkanes) is 20. The lowest BCUT2D eigenvalue weighted by molar-refractivity contribution is 0.124. The van der Waals surface area contributed by atoms with E-state index in [1.807, 2.05) is 0 Å². The molecule has 0 rings (SSSR count). The van der Waals surface area contributed by atoms with Crippen molar-refractivity contribution in [2.75, 3.05) is 6.54 Å². The SMILES string of the molecule is CCCCCCCCCCCCCCCCCCCC(O)NCCCCCCC. The van der Waals surface area contributed by atoms with E-state index in [-0.39, 0.29) is 6.23 Å². The highest BCUT2D eigenvalue weighted by molar-refractivity contribution is 4.56. The standard InChI is InChI=1S/C27H57NO/c1-3-5-7-9-10-11-12-13-14-15-16-17-18-19-20-21-23-25-27(29)28-26-24-22-8-6-4-2/h27-29H,3-26H2,1-2H3. The highest BCUT2D eigenvalue weighted by atomic mass is 16.3. The summed E-state index contributed by atoms with van der Waals surface area (Å²) in [4.78, 5) is 0. The number of aliphatic hydroxyl groups is 1. The maximum Gasteiger partial charge on any atom is 0.104 e. The molecule has 0 amide bonds. The van der Waals surface area contributed by atoms with Crippen molar-refractivity contribution in [1.29, 1.82) is 0 Å². The Morgan fingerprint density at radius 3 is 1.14 bits per heavy atom. The van der Waals surface area contributed by atoms with Gasteiger partial charge < -0.3 is 5.11 Å². The third-order valence-electron chi connectivity index (χ3n) is 6.24. The quantitative estimate of drug-likeness (QED) is 0.116. The van der Waals surface area contributed by atoms with Crippen LogP contribution in [0.1, 0.15) is 162 Å². The highest BCUT2D eigenvalue weighted by Crippen LogP contribution is 2.14. The van der Waals surface area contributed by atoms with E-state index in [1.54, 1.807) is 0 Å². The maximum atomic E-state index is 9.97. The van der Waals surface area contributed by atoms with Crippen molar-refractivity contribution in [3.8, 4) is 0 Å². The Labute approximate surface area is 185 Å². The molecule has 0 aromatic carbocycles. The van der Waals surface area contributed by atoms with Gasteiger partial charge in [-0.3, -0.25) is 5.32 Å². The first-order chi connectivity index (χ1) is 14.3. The monoisotopic (exact) mass is 411 g/mol. The van der Waals surface area contributed by atoms with E-state index >= 15 is 0 Å². The second kappa shape index (κ2) is 26.0. The summed E-state index contributed by atoms with van der Waals surface area (Å²) in [5, 5.41) is 13.2. The van der Waals surface area contributed by atoms with Crippen LogP contribution in [0, 0.1) is 0 Å². The van der Waals surface area contributed by atoms with Crippen LogP contribution in [0.3, 0.4) is 0 Å². The molecule has 0 aromatic rings. The van der Waals surface area contributed by atoms with E-state index < -0.39 is 0 Å². The Kier molecular flexibility index (Phi) is 25.9. The van der Waals surface area contributed by atoms with Gasteiger partial charge in [0.2, 0.25) is 0 Å². The molecule has 0 aliphatic carbocycles. The number of hydrogen-bond acceptors (Lipinski definition) is 2. The first kappa shape index (κ1) is 28.9. The summed E-state index contributed by atoms with van der Waals surface area (Å²) >= 11 is 0. The molecule has 0 aliphatic heterocycles. The average molecular weight is 412 g/mol. The molecule has 0 aliphatic rings. The van der Waals surface area contributed by atoms with Crippen LogP contribution in [-0.2, 0) is 0 Å². The molecular formula is C27H57NO. The molecule has 0 radical (unpaired) electrons. The van der Waals surface area contributed by atoms with Crippen LogP contribution >= 0.6 is 0 Å². The van der Waals surface area contributed by atoms with Crippen molar-refractivity contribution in [3.05, 3.63) is 0 Å². The third kappa shape index (κ3) is 25.9. The smallest absolute Gasteiger partial charge is 0.104 e. The molecule has 29 heavy (non-hydrogen) atoms. The van der Waals surface area contributed by atoms with E-state index in [0.29, 0.717) is 0 Å². The van der Waals surface area contributed by atoms with Crippen LogP contribution < -0.4 is 5.32 Å². The lowest BCUT2D eigenvalue weighted by Gasteiger charge is -2.12. The van der Waals surface area contributed by atoms with Crippen molar-refractivity contribution in [1.82, 2.24) is 5.32 Å². The van der Waals surface area contributed by atoms with Gasteiger partial charge in [0, 0.05) is 0 Å². The Morgan fingerprint density at radius 2 is 0.759 bits per heavy atom. The molecule has 1 unspecified atom stereocenters. The number of hydrogen-bond donors (Lipinski definition) is 2. The Hall–Kier alpha value is -0.0800. The van der Waals surface area contributed by atoms with Crippen molar-refractivity contribution >= 4 is 0 Å². The van der Waals surface area contributed by atoms with E-state index in [2.05, 4.69) is 19.2 Å². The first-order valence-corrected chi connectivity index (χ1v) is 13.7. The lowest BCUT2D eigenvalue weighted by Crippen LogP contribution is -2.29. The van der Waals surface area contributed by atoms with Gasteiger partial charge in [-0.25, -0.2) is 0 Å². The zero-order chi connectivity index (χ0) is 21.3. The van der Waals surface area contributed by atoms with Gasteiger partial charge in [0.25, 0.3) is 0 Å². The van der Waals surface area contributed by atoms with E-state index in [9.17, 15) is 5.11 Å².